The summed E-state index contributed by atoms with van der Waals surface area (Å²) in [5, 5.41) is 4.05. The molecular weight excluding hydrogens is 100 g/mol. The number of rotatable bonds is 1. The summed E-state index contributed by atoms with van der Waals surface area (Å²) in [7, 11) is 0. The monoisotopic (exact) mass is 110 g/mol. The van der Waals surface area contributed by atoms with E-state index < -0.39 is 0 Å². The van der Waals surface area contributed by atoms with Gasteiger partial charge in [-0.15, -0.1) is 0 Å². The molecule has 0 bridgehead atoms. The highest BCUT2D eigenvalue weighted by Gasteiger charge is 1.88. The molecular formula is C6H10N2. The number of hydrogen-bond acceptors (Lipinski definition) is 1. The van der Waals surface area contributed by atoms with Crippen molar-refractivity contribution in [1.29, 1.82) is 0 Å². The maximum atomic E-state index is 4.05. The van der Waals surface area contributed by atoms with Crippen molar-refractivity contribution in [3.05, 3.63) is 18.0 Å². The maximum Gasteiger partial charge on any atom is 0.0492 e. The van der Waals surface area contributed by atoms with Crippen molar-refractivity contribution in [2.45, 2.75) is 20.4 Å². The van der Waals surface area contributed by atoms with Gasteiger partial charge in [0.2, 0.25) is 0 Å². The van der Waals surface area contributed by atoms with Gasteiger partial charge >= 0.3 is 0 Å². The van der Waals surface area contributed by atoms with Gasteiger partial charge in [-0.05, 0) is 19.9 Å². The summed E-state index contributed by atoms with van der Waals surface area (Å²) in [6.07, 6.45) is 1.82. The first-order valence-electron chi connectivity index (χ1n) is 2.83. The average Bonchev–Trinajstić information content (AvgIpc) is 2.14. The third-order valence-corrected chi connectivity index (χ3v) is 1.23. The number of aromatic nitrogens is 2. The molecule has 44 valence electrons. The Kier molecular flexibility index (Phi) is 1.33. The lowest BCUT2D eigenvalue weighted by molar-refractivity contribution is 0.640. The molecule has 0 radical (unpaired) electrons. The zero-order chi connectivity index (χ0) is 5.98. The van der Waals surface area contributed by atoms with E-state index in [1.807, 2.05) is 16.9 Å². The van der Waals surface area contributed by atoms with Crippen LogP contribution in [0.2, 0.25) is 0 Å². The predicted octanol–water partition coefficient (Wildman–Crippen LogP) is 1.21. The second-order valence-corrected chi connectivity index (χ2v) is 1.79. The lowest BCUT2D eigenvalue weighted by atomic mass is 10.5. The molecule has 1 rings (SSSR count). The lowest BCUT2D eigenvalue weighted by Crippen LogP contribution is -1.97. The molecule has 0 aromatic carbocycles. The topological polar surface area (TPSA) is 17.8 Å². The van der Waals surface area contributed by atoms with E-state index in [-0.39, 0.29) is 0 Å². The molecule has 0 atom stereocenters. The van der Waals surface area contributed by atoms with Crippen molar-refractivity contribution >= 4 is 0 Å². The molecule has 0 saturated heterocycles. The summed E-state index contributed by atoms with van der Waals surface area (Å²) in [6.45, 7) is 5.11. The Morgan fingerprint density at radius 2 is 2.50 bits per heavy atom. The maximum absolute atomic E-state index is 4.05. The van der Waals surface area contributed by atoms with Gasteiger partial charge in [0.15, 0.2) is 0 Å². The van der Waals surface area contributed by atoms with Gasteiger partial charge in [-0.25, -0.2) is 0 Å². The van der Waals surface area contributed by atoms with Crippen molar-refractivity contribution in [1.82, 2.24) is 9.78 Å². The van der Waals surface area contributed by atoms with E-state index in [9.17, 15) is 0 Å². The quantitative estimate of drug-likeness (QED) is 0.531. The van der Waals surface area contributed by atoms with Crippen LogP contribution in [0, 0.1) is 6.92 Å². The first kappa shape index (κ1) is 5.35. The van der Waals surface area contributed by atoms with Crippen LogP contribution in [0.3, 0.4) is 0 Å². The minimum Gasteiger partial charge on any atom is -0.270 e. The number of nitrogens with zero attached hydrogens (tertiary/aromatic N) is 2. The van der Waals surface area contributed by atoms with Gasteiger partial charge in [0.25, 0.3) is 0 Å². The van der Waals surface area contributed by atoms with Crippen LogP contribution in [-0.4, -0.2) is 9.78 Å². The van der Waals surface area contributed by atoms with E-state index in [0.717, 1.165) is 6.54 Å². The van der Waals surface area contributed by atoms with E-state index in [1.54, 1.807) is 0 Å². The SMILES string of the molecule is CCn1nccc1C. The Morgan fingerprint density at radius 1 is 1.75 bits per heavy atom. The van der Waals surface area contributed by atoms with Crippen LogP contribution < -0.4 is 0 Å². The van der Waals surface area contributed by atoms with E-state index in [4.69, 9.17) is 0 Å². The van der Waals surface area contributed by atoms with Crippen molar-refractivity contribution in [2.75, 3.05) is 0 Å². The second-order valence-electron chi connectivity index (χ2n) is 1.79. The molecule has 2 heteroatoms. The van der Waals surface area contributed by atoms with E-state index >= 15 is 0 Å². The standard InChI is InChI=1S/C6H10N2/c1-3-8-6(2)4-5-7-8/h4-5H,3H2,1-2H3. The second kappa shape index (κ2) is 1.99. The Morgan fingerprint density at radius 3 is 2.75 bits per heavy atom. The molecule has 1 aromatic rings. The molecule has 0 saturated carbocycles. The highest BCUT2D eigenvalue weighted by molar-refractivity contribution is 4.95. The summed E-state index contributed by atoms with van der Waals surface area (Å²) in [6, 6.07) is 2.00. The molecule has 2 nitrogen and oxygen atoms in total. The fourth-order valence-corrected chi connectivity index (χ4v) is 0.730. The molecule has 0 amide bonds. The molecule has 0 spiro atoms. The van der Waals surface area contributed by atoms with Gasteiger partial charge in [0.1, 0.15) is 0 Å². The Balaban J connectivity index is 2.92. The molecule has 0 aliphatic rings. The van der Waals surface area contributed by atoms with Crippen molar-refractivity contribution in [3.63, 3.8) is 0 Å². The van der Waals surface area contributed by atoms with Gasteiger partial charge < -0.3 is 0 Å². The summed E-state index contributed by atoms with van der Waals surface area (Å²) < 4.78 is 1.96. The van der Waals surface area contributed by atoms with Crippen LogP contribution in [0.5, 0.6) is 0 Å². The highest BCUT2D eigenvalue weighted by atomic mass is 15.3. The van der Waals surface area contributed by atoms with Crippen LogP contribution in [0.15, 0.2) is 12.3 Å². The fraction of sp³-hybridized carbons (Fsp3) is 0.500. The van der Waals surface area contributed by atoms with Crippen LogP contribution in [0.4, 0.5) is 0 Å². The molecule has 1 heterocycles. The molecule has 0 aliphatic carbocycles. The Hall–Kier alpha value is -0.790. The third kappa shape index (κ3) is 0.735. The smallest absolute Gasteiger partial charge is 0.0492 e. The van der Waals surface area contributed by atoms with Gasteiger partial charge in [0, 0.05) is 18.4 Å². The molecule has 1 aromatic heterocycles. The van der Waals surface area contributed by atoms with Crippen molar-refractivity contribution in [3.8, 4) is 0 Å². The lowest BCUT2D eigenvalue weighted by Gasteiger charge is -1.94. The van der Waals surface area contributed by atoms with Crippen LogP contribution in [-0.2, 0) is 6.54 Å². The Labute approximate surface area is 49.1 Å². The Bertz CT molecular complexity index is 167. The van der Waals surface area contributed by atoms with E-state index in [0.29, 0.717) is 0 Å². The van der Waals surface area contributed by atoms with Crippen LogP contribution in [0.1, 0.15) is 12.6 Å². The van der Waals surface area contributed by atoms with Gasteiger partial charge in [-0.2, -0.15) is 5.10 Å². The minimum atomic E-state index is 0.971. The summed E-state index contributed by atoms with van der Waals surface area (Å²) in [4.78, 5) is 0. The van der Waals surface area contributed by atoms with Crippen LogP contribution in [0.25, 0.3) is 0 Å². The normalized spacial score (nSPS) is 9.75. The minimum absolute atomic E-state index is 0.971. The largest absolute Gasteiger partial charge is 0.270 e. The van der Waals surface area contributed by atoms with E-state index in [1.165, 1.54) is 5.69 Å². The summed E-state index contributed by atoms with van der Waals surface area (Å²) in [5.41, 5.74) is 1.23. The average molecular weight is 110 g/mol. The first-order valence-corrected chi connectivity index (χ1v) is 2.83. The fourth-order valence-electron chi connectivity index (χ4n) is 0.730. The third-order valence-electron chi connectivity index (χ3n) is 1.23. The zero-order valence-electron chi connectivity index (χ0n) is 5.26. The van der Waals surface area contributed by atoms with Crippen molar-refractivity contribution < 1.29 is 0 Å². The molecule has 0 N–H and O–H groups in total. The van der Waals surface area contributed by atoms with Crippen molar-refractivity contribution in [2.24, 2.45) is 0 Å². The number of hydrogen-bond donors (Lipinski definition) is 0. The summed E-state index contributed by atoms with van der Waals surface area (Å²) >= 11 is 0. The first-order chi connectivity index (χ1) is 3.84. The molecule has 0 aliphatic heterocycles. The predicted molar refractivity (Wildman–Crippen MR) is 32.6 cm³/mol. The molecule has 0 unspecified atom stereocenters. The summed E-state index contributed by atoms with van der Waals surface area (Å²) in [5.74, 6) is 0. The number of aryl methyl sites for hydroxylation is 2. The van der Waals surface area contributed by atoms with E-state index in [2.05, 4.69) is 18.9 Å². The van der Waals surface area contributed by atoms with Crippen LogP contribution >= 0.6 is 0 Å². The highest BCUT2D eigenvalue weighted by Crippen LogP contribution is 1.93. The van der Waals surface area contributed by atoms with Gasteiger partial charge in [0.05, 0.1) is 0 Å². The van der Waals surface area contributed by atoms with Gasteiger partial charge in [-0.1, -0.05) is 0 Å². The zero-order valence-corrected chi connectivity index (χ0v) is 5.26. The van der Waals surface area contributed by atoms with Gasteiger partial charge in [-0.3, -0.25) is 4.68 Å². The molecule has 0 fully saturated rings. The molecule has 8 heavy (non-hydrogen) atoms.